The number of ether oxygens (including phenoxy) is 1. The molecule has 7 nitrogen and oxygen atoms in total. The summed E-state index contributed by atoms with van der Waals surface area (Å²) in [6, 6.07) is 6.75. The molecule has 0 N–H and O–H groups in total. The highest BCUT2D eigenvalue weighted by Crippen LogP contribution is 2.36. The minimum Gasteiger partial charge on any atom is -0.474 e. The third kappa shape index (κ3) is 3.12. The van der Waals surface area contributed by atoms with E-state index in [1.54, 1.807) is 6.92 Å². The van der Waals surface area contributed by atoms with E-state index >= 15 is 0 Å². The maximum atomic E-state index is 14.1. The van der Waals surface area contributed by atoms with Gasteiger partial charge in [-0.1, -0.05) is 24.6 Å². The van der Waals surface area contributed by atoms with E-state index in [0.717, 1.165) is 0 Å². The highest BCUT2D eigenvalue weighted by molar-refractivity contribution is 6.31. The van der Waals surface area contributed by atoms with Crippen molar-refractivity contribution in [3.05, 3.63) is 56.8 Å². The number of fused-ring (bicyclic) bond motifs is 1. The Morgan fingerprint density at radius 1 is 1.40 bits per heavy atom. The van der Waals surface area contributed by atoms with E-state index in [0.29, 0.717) is 6.42 Å². The number of nitro groups is 1. The van der Waals surface area contributed by atoms with Crippen LogP contribution in [0, 0.1) is 15.9 Å². The lowest BCUT2D eigenvalue weighted by Crippen LogP contribution is -2.45. The van der Waals surface area contributed by atoms with Crippen LogP contribution in [0.5, 0.6) is 5.75 Å². The van der Waals surface area contributed by atoms with Crippen LogP contribution in [0.3, 0.4) is 0 Å². The summed E-state index contributed by atoms with van der Waals surface area (Å²) in [6.45, 7) is 1.56. The summed E-state index contributed by atoms with van der Waals surface area (Å²) in [6.07, 6.45) is -0.391. The summed E-state index contributed by atoms with van der Waals surface area (Å²) < 4.78 is 19.7. The zero-order valence-electron chi connectivity index (χ0n) is 13.1. The lowest BCUT2D eigenvalue weighted by molar-refractivity contribution is -0.389. The Morgan fingerprint density at radius 3 is 2.80 bits per heavy atom. The number of amides is 1. The highest BCUT2D eigenvalue weighted by atomic mass is 35.5. The molecule has 0 saturated heterocycles. The molecule has 1 atom stereocenters. The molecule has 1 aliphatic rings. The number of aromatic nitrogens is 1. The van der Waals surface area contributed by atoms with Crippen LogP contribution in [0.2, 0.25) is 5.02 Å². The molecule has 3 rings (SSSR count). The monoisotopic (exact) mass is 365 g/mol. The largest absolute Gasteiger partial charge is 0.474 e. The Labute approximate surface area is 147 Å². The standard InChI is InChI=1S/C16H13ClFN3O4/c1-2-12-16(22)20(8-9-10(17)4-3-5-11(9)18)15-13(25-12)6-7-14(19-15)21(23)24/h3-7,12H,2,8H2,1H3. The predicted molar refractivity (Wildman–Crippen MR) is 88.2 cm³/mol. The van der Waals surface area contributed by atoms with Crippen molar-refractivity contribution in [1.29, 1.82) is 0 Å². The van der Waals surface area contributed by atoms with Crippen molar-refractivity contribution in [3.63, 3.8) is 0 Å². The Kier molecular flexibility index (Phi) is 4.54. The van der Waals surface area contributed by atoms with Gasteiger partial charge in [0.25, 0.3) is 11.7 Å². The van der Waals surface area contributed by atoms with Crippen LogP contribution < -0.4 is 9.64 Å². The summed E-state index contributed by atoms with van der Waals surface area (Å²) in [4.78, 5) is 28.0. The number of hydrogen-bond acceptors (Lipinski definition) is 5. The van der Waals surface area contributed by atoms with Gasteiger partial charge in [-0.2, -0.15) is 0 Å². The molecule has 2 heterocycles. The van der Waals surface area contributed by atoms with Crippen molar-refractivity contribution in [1.82, 2.24) is 4.98 Å². The molecule has 1 aliphatic heterocycles. The van der Waals surface area contributed by atoms with E-state index in [9.17, 15) is 19.3 Å². The van der Waals surface area contributed by atoms with Gasteiger partial charge in [-0.15, -0.1) is 0 Å². The average molecular weight is 366 g/mol. The van der Waals surface area contributed by atoms with Crippen LogP contribution >= 0.6 is 11.6 Å². The second-order valence-corrected chi connectivity index (χ2v) is 5.79. The van der Waals surface area contributed by atoms with Gasteiger partial charge in [-0.3, -0.25) is 9.69 Å². The number of halogens is 2. The Balaban J connectivity index is 2.09. The van der Waals surface area contributed by atoms with Crippen LogP contribution in [0.1, 0.15) is 18.9 Å². The Bertz CT molecular complexity index is 841. The Hall–Kier alpha value is -2.74. The molecule has 9 heteroatoms. The van der Waals surface area contributed by atoms with Crippen molar-refractivity contribution in [3.8, 4) is 5.75 Å². The zero-order chi connectivity index (χ0) is 18.1. The van der Waals surface area contributed by atoms with Gasteiger partial charge in [0.05, 0.1) is 6.54 Å². The number of carbonyl (C=O) groups is 1. The molecule has 130 valence electrons. The van der Waals surface area contributed by atoms with E-state index in [2.05, 4.69) is 4.98 Å². The van der Waals surface area contributed by atoms with Crippen LogP contribution in [0.25, 0.3) is 0 Å². The highest BCUT2D eigenvalue weighted by Gasteiger charge is 2.38. The summed E-state index contributed by atoms with van der Waals surface area (Å²) in [5.41, 5.74) is 0.105. The van der Waals surface area contributed by atoms with Crippen molar-refractivity contribution in [2.45, 2.75) is 26.0 Å². The number of nitrogens with zero attached hydrogens (tertiary/aromatic N) is 3. The average Bonchev–Trinajstić information content (AvgIpc) is 2.59. The summed E-state index contributed by atoms with van der Waals surface area (Å²) >= 11 is 6.04. The SMILES string of the molecule is CCC1Oc2ccc([N+](=O)[O-])nc2N(Cc2c(F)cccc2Cl)C1=O. The second kappa shape index (κ2) is 6.64. The number of carbonyl (C=O) groups excluding carboxylic acids is 1. The van der Waals surface area contributed by atoms with Crippen molar-refractivity contribution in [2.24, 2.45) is 0 Å². The first-order valence-corrected chi connectivity index (χ1v) is 7.86. The fourth-order valence-corrected chi connectivity index (χ4v) is 2.77. The molecule has 0 radical (unpaired) electrons. The molecule has 1 aromatic carbocycles. The molecule has 0 fully saturated rings. The van der Waals surface area contributed by atoms with Gasteiger partial charge in [-0.05, 0) is 34.5 Å². The topological polar surface area (TPSA) is 85.6 Å². The van der Waals surface area contributed by atoms with Gasteiger partial charge in [0, 0.05) is 16.7 Å². The smallest absolute Gasteiger partial charge is 0.366 e. The maximum Gasteiger partial charge on any atom is 0.366 e. The van der Waals surface area contributed by atoms with Gasteiger partial charge >= 0.3 is 5.82 Å². The lowest BCUT2D eigenvalue weighted by atomic mass is 10.1. The van der Waals surface area contributed by atoms with E-state index in [-0.39, 0.29) is 28.7 Å². The predicted octanol–water partition coefficient (Wildman–Crippen LogP) is 3.49. The molecule has 0 bridgehead atoms. The number of benzene rings is 1. The van der Waals surface area contributed by atoms with Gasteiger partial charge in [-0.25, -0.2) is 4.39 Å². The van der Waals surface area contributed by atoms with Gasteiger partial charge in [0.2, 0.25) is 0 Å². The van der Waals surface area contributed by atoms with Crippen LogP contribution in [-0.4, -0.2) is 21.9 Å². The van der Waals surface area contributed by atoms with Crippen LogP contribution in [0.15, 0.2) is 30.3 Å². The third-order valence-corrected chi connectivity index (χ3v) is 4.18. The molecule has 0 aliphatic carbocycles. The molecule has 1 unspecified atom stereocenters. The van der Waals surface area contributed by atoms with Crippen molar-refractivity contribution >= 4 is 29.1 Å². The fourth-order valence-electron chi connectivity index (χ4n) is 2.55. The molecular formula is C16H13ClFN3O4. The summed E-state index contributed by atoms with van der Waals surface area (Å²) in [5.74, 6) is -1.27. The van der Waals surface area contributed by atoms with E-state index in [4.69, 9.17) is 16.3 Å². The minimum absolute atomic E-state index is 0.0248. The molecule has 1 amide bonds. The molecule has 0 spiro atoms. The molecule has 25 heavy (non-hydrogen) atoms. The quantitative estimate of drug-likeness (QED) is 0.611. The second-order valence-electron chi connectivity index (χ2n) is 5.39. The molecule has 2 aromatic rings. The van der Waals surface area contributed by atoms with Gasteiger partial charge < -0.3 is 14.9 Å². The number of hydrogen-bond donors (Lipinski definition) is 0. The number of rotatable bonds is 4. The van der Waals surface area contributed by atoms with Crippen molar-refractivity contribution < 1.29 is 18.8 Å². The van der Waals surface area contributed by atoms with E-state index in [1.165, 1.54) is 35.2 Å². The minimum atomic E-state index is -0.777. The number of pyridine rings is 1. The lowest BCUT2D eigenvalue weighted by Gasteiger charge is -2.30. The Morgan fingerprint density at radius 2 is 2.16 bits per heavy atom. The van der Waals surface area contributed by atoms with Crippen LogP contribution in [-0.2, 0) is 11.3 Å². The molecular weight excluding hydrogens is 353 g/mol. The first kappa shape index (κ1) is 17.1. The first-order chi connectivity index (χ1) is 11.9. The first-order valence-electron chi connectivity index (χ1n) is 7.48. The number of anilines is 1. The van der Waals surface area contributed by atoms with Gasteiger partial charge in [0.15, 0.2) is 11.9 Å². The zero-order valence-corrected chi connectivity index (χ0v) is 13.9. The van der Waals surface area contributed by atoms with Crippen molar-refractivity contribution in [2.75, 3.05) is 4.90 Å². The maximum absolute atomic E-state index is 14.1. The molecule has 0 saturated carbocycles. The summed E-state index contributed by atoms with van der Waals surface area (Å²) in [7, 11) is 0. The molecule has 1 aromatic heterocycles. The van der Waals surface area contributed by atoms with Gasteiger partial charge in [0.1, 0.15) is 5.82 Å². The van der Waals surface area contributed by atoms with Crippen LogP contribution in [0.4, 0.5) is 16.0 Å². The normalized spacial score (nSPS) is 16.4. The third-order valence-electron chi connectivity index (χ3n) is 3.83. The summed E-state index contributed by atoms with van der Waals surface area (Å²) in [5, 5.41) is 11.1. The fraction of sp³-hybridized carbons (Fsp3) is 0.250. The van der Waals surface area contributed by atoms with E-state index < -0.39 is 28.6 Å². The van der Waals surface area contributed by atoms with E-state index in [1.807, 2.05) is 0 Å².